The van der Waals surface area contributed by atoms with Crippen LogP contribution in [0.25, 0.3) is 0 Å². The molecular weight excluding hydrogens is 280 g/mol. The molecule has 1 aromatic heterocycles. The van der Waals surface area contributed by atoms with Crippen molar-refractivity contribution in [1.29, 1.82) is 0 Å². The second-order valence-electron chi connectivity index (χ2n) is 4.62. The van der Waals surface area contributed by atoms with Crippen LogP contribution in [0.4, 0.5) is 5.69 Å². The van der Waals surface area contributed by atoms with Gasteiger partial charge in [-0.25, -0.2) is 4.98 Å². The van der Waals surface area contributed by atoms with Crippen molar-refractivity contribution >= 4 is 29.1 Å². The predicted octanol–water partition coefficient (Wildman–Crippen LogP) is 1.26. The molecule has 2 amide bonds. The lowest BCUT2D eigenvalue weighted by Gasteiger charge is -2.23. The van der Waals surface area contributed by atoms with Gasteiger partial charge in [-0.3, -0.25) is 9.59 Å². The standard InChI is InChI=1S/C13H19ClN4O2/c1-4-5-18(8-11(19)17(2)3)13(20)10-6-9(15)7-16-12(10)14/h6-7H,4-5,8,15H2,1-3H3. The van der Waals surface area contributed by atoms with Gasteiger partial charge in [0.1, 0.15) is 11.7 Å². The number of nitrogen functional groups attached to an aromatic ring is 1. The van der Waals surface area contributed by atoms with Crippen LogP contribution < -0.4 is 5.73 Å². The molecule has 1 rings (SSSR count). The first-order valence-electron chi connectivity index (χ1n) is 6.27. The van der Waals surface area contributed by atoms with Gasteiger partial charge in [0.05, 0.1) is 17.4 Å². The van der Waals surface area contributed by atoms with E-state index in [1.807, 2.05) is 6.92 Å². The number of nitrogens with two attached hydrogens (primary N) is 1. The van der Waals surface area contributed by atoms with Crippen molar-refractivity contribution in [3.8, 4) is 0 Å². The Morgan fingerprint density at radius 2 is 2.05 bits per heavy atom. The molecule has 0 saturated carbocycles. The van der Waals surface area contributed by atoms with Crippen LogP contribution in [0.5, 0.6) is 0 Å². The molecule has 1 heterocycles. The predicted molar refractivity (Wildman–Crippen MR) is 78.5 cm³/mol. The van der Waals surface area contributed by atoms with Gasteiger partial charge >= 0.3 is 0 Å². The molecule has 0 fully saturated rings. The molecule has 110 valence electrons. The topological polar surface area (TPSA) is 79.5 Å². The SMILES string of the molecule is CCCN(CC(=O)N(C)C)C(=O)c1cc(N)cnc1Cl. The summed E-state index contributed by atoms with van der Waals surface area (Å²) in [6, 6.07) is 1.47. The van der Waals surface area contributed by atoms with E-state index in [4.69, 9.17) is 17.3 Å². The van der Waals surface area contributed by atoms with E-state index in [0.29, 0.717) is 12.2 Å². The van der Waals surface area contributed by atoms with E-state index in [0.717, 1.165) is 6.42 Å². The summed E-state index contributed by atoms with van der Waals surface area (Å²) in [5, 5.41) is 0.0857. The molecule has 1 aromatic rings. The zero-order valence-corrected chi connectivity index (χ0v) is 12.6. The normalized spacial score (nSPS) is 10.2. The summed E-state index contributed by atoms with van der Waals surface area (Å²) >= 11 is 5.92. The zero-order chi connectivity index (χ0) is 15.3. The molecule has 0 unspecified atom stereocenters. The number of carbonyl (C=O) groups is 2. The van der Waals surface area contributed by atoms with E-state index in [-0.39, 0.29) is 29.1 Å². The van der Waals surface area contributed by atoms with Crippen LogP contribution in [0.1, 0.15) is 23.7 Å². The first-order valence-corrected chi connectivity index (χ1v) is 6.65. The zero-order valence-electron chi connectivity index (χ0n) is 11.9. The third-order valence-corrected chi connectivity index (χ3v) is 3.00. The summed E-state index contributed by atoms with van der Waals surface area (Å²) in [7, 11) is 3.29. The van der Waals surface area contributed by atoms with Gasteiger partial charge in [-0.15, -0.1) is 0 Å². The summed E-state index contributed by atoms with van der Waals surface area (Å²) < 4.78 is 0. The Hall–Kier alpha value is -1.82. The second kappa shape index (κ2) is 7.09. The maximum absolute atomic E-state index is 12.4. The highest BCUT2D eigenvalue weighted by molar-refractivity contribution is 6.32. The Kier molecular flexibility index (Phi) is 5.76. The lowest BCUT2D eigenvalue weighted by atomic mass is 10.2. The van der Waals surface area contributed by atoms with Crippen LogP contribution in [0.15, 0.2) is 12.3 Å². The number of hydrogen-bond acceptors (Lipinski definition) is 4. The number of aromatic nitrogens is 1. The number of carbonyl (C=O) groups excluding carboxylic acids is 2. The van der Waals surface area contributed by atoms with E-state index in [2.05, 4.69) is 4.98 Å². The molecular formula is C13H19ClN4O2. The maximum Gasteiger partial charge on any atom is 0.257 e. The van der Waals surface area contributed by atoms with E-state index < -0.39 is 0 Å². The quantitative estimate of drug-likeness (QED) is 0.830. The number of anilines is 1. The highest BCUT2D eigenvalue weighted by Gasteiger charge is 2.21. The third kappa shape index (κ3) is 4.09. The van der Waals surface area contributed by atoms with Crippen molar-refractivity contribution < 1.29 is 9.59 Å². The third-order valence-electron chi connectivity index (χ3n) is 2.70. The second-order valence-corrected chi connectivity index (χ2v) is 4.98. The van der Waals surface area contributed by atoms with Gasteiger partial charge in [-0.05, 0) is 12.5 Å². The number of amides is 2. The number of halogens is 1. The average Bonchev–Trinajstić information content (AvgIpc) is 2.40. The molecule has 0 saturated heterocycles. The lowest BCUT2D eigenvalue weighted by Crippen LogP contribution is -2.40. The minimum Gasteiger partial charge on any atom is -0.397 e. The fraction of sp³-hybridized carbons (Fsp3) is 0.462. The summed E-state index contributed by atoms with van der Waals surface area (Å²) in [4.78, 5) is 31.0. The van der Waals surface area contributed by atoms with Crippen LogP contribution >= 0.6 is 11.6 Å². The summed E-state index contributed by atoms with van der Waals surface area (Å²) in [6.45, 7) is 2.40. The Balaban J connectivity index is 2.99. The summed E-state index contributed by atoms with van der Waals surface area (Å²) in [5.74, 6) is -0.494. The van der Waals surface area contributed by atoms with Gasteiger partial charge in [0.15, 0.2) is 0 Å². The molecule has 6 nitrogen and oxygen atoms in total. The Morgan fingerprint density at radius 3 is 2.60 bits per heavy atom. The Labute approximate surface area is 123 Å². The monoisotopic (exact) mass is 298 g/mol. The number of rotatable bonds is 5. The molecule has 2 N–H and O–H groups in total. The smallest absolute Gasteiger partial charge is 0.257 e. The van der Waals surface area contributed by atoms with E-state index in [9.17, 15) is 9.59 Å². The first kappa shape index (κ1) is 16.2. The molecule has 0 bridgehead atoms. The minimum absolute atomic E-state index is 0.00476. The molecule has 0 aliphatic rings. The van der Waals surface area contributed by atoms with Gasteiger partial charge in [0.2, 0.25) is 5.91 Å². The van der Waals surface area contributed by atoms with Gasteiger partial charge in [0, 0.05) is 20.6 Å². The van der Waals surface area contributed by atoms with E-state index in [1.165, 1.54) is 22.1 Å². The van der Waals surface area contributed by atoms with Gasteiger partial charge in [-0.2, -0.15) is 0 Å². The molecule has 0 spiro atoms. The lowest BCUT2D eigenvalue weighted by molar-refractivity contribution is -0.129. The molecule has 0 aliphatic carbocycles. The molecule has 0 aromatic carbocycles. The minimum atomic E-state index is -0.341. The van der Waals surface area contributed by atoms with Crippen LogP contribution in [0.2, 0.25) is 5.15 Å². The first-order chi connectivity index (χ1) is 9.36. The summed E-state index contributed by atoms with van der Waals surface area (Å²) in [6.07, 6.45) is 2.12. The van der Waals surface area contributed by atoms with Crippen molar-refractivity contribution in [1.82, 2.24) is 14.8 Å². The van der Waals surface area contributed by atoms with Crippen molar-refractivity contribution in [3.63, 3.8) is 0 Å². The fourth-order valence-corrected chi connectivity index (χ4v) is 1.80. The molecule has 7 heteroatoms. The van der Waals surface area contributed by atoms with Gasteiger partial charge < -0.3 is 15.5 Å². The molecule has 0 atom stereocenters. The molecule has 0 radical (unpaired) electrons. The highest BCUT2D eigenvalue weighted by atomic mass is 35.5. The number of nitrogens with zero attached hydrogens (tertiary/aromatic N) is 3. The van der Waals surface area contributed by atoms with Crippen molar-refractivity contribution in [3.05, 3.63) is 23.0 Å². The summed E-state index contributed by atoms with van der Waals surface area (Å²) in [5.41, 5.74) is 6.19. The number of likely N-dealkylation sites (N-methyl/N-ethyl adjacent to an activating group) is 1. The average molecular weight is 299 g/mol. The maximum atomic E-state index is 12.4. The van der Waals surface area contributed by atoms with Crippen LogP contribution in [0, 0.1) is 0 Å². The van der Waals surface area contributed by atoms with Crippen molar-refractivity contribution in [2.24, 2.45) is 0 Å². The molecule has 0 aliphatic heterocycles. The van der Waals surface area contributed by atoms with Crippen LogP contribution in [-0.2, 0) is 4.79 Å². The van der Waals surface area contributed by atoms with Crippen molar-refractivity contribution in [2.75, 3.05) is 32.9 Å². The highest BCUT2D eigenvalue weighted by Crippen LogP contribution is 2.18. The van der Waals surface area contributed by atoms with Gasteiger partial charge in [0.25, 0.3) is 5.91 Å². The van der Waals surface area contributed by atoms with Gasteiger partial charge in [-0.1, -0.05) is 18.5 Å². The van der Waals surface area contributed by atoms with E-state index in [1.54, 1.807) is 14.1 Å². The Bertz CT molecular complexity index is 505. The number of pyridine rings is 1. The van der Waals surface area contributed by atoms with Crippen molar-refractivity contribution in [2.45, 2.75) is 13.3 Å². The molecule has 20 heavy (non-hydrogen) atoms. The Morgan fingerprint density at radius 1 is 1.40 bits per heavy atom. The largest absolute Gasteiger partial charge is 0.397 e. The number of hydrogen-bond donors (Lipinski definition) is 1. The fourth-order valence-electron chi connectivity index (χ4n) is 1.61. The van der Waals surface area contributed by atoms with E-state index >= 15 is 0 Å². The van der Waals surface area contributed by atoms with Crippen LogP contribution in [-0.4, -0.2) is 53.8 Å². The van der Waals surface area contributed by atoms with Crippen LogP contribution in [0.3, 0.4) is 0 Å².